The number of halogens is 1. The van der Waals surface area contributed by atoms with Crippen molar-refractivity contribution in [1.82, 2.24) is 20.1 Å². The molecule has 0 fully saturated rings. The van der Waals surface area contributed by atoms with Gasteiger partial charge in [-0.2, -0.15) is 0 Å². The predicted molar refractivity (Wildman–Crippen MR) is 246 cm³/mol. The molecule has 0 saturated heterocycles. The molecule has 2 aliphatic rings. The van der Waals surface area contributed by atoms with E-state index >= 15 is 0 Å². The standard InChI is InChI=1S/C32H33ClN4O3.C15H31NO.C2H6/c1-7-21-22(10-9-13-26(21)34-30(38)25-17-36(4)19(3)37(5)32(25)39)23-11-8-12-24(29(23)33)27-16-20-15-14-18(2)28(20)31(35-27)40-6;1-7-13(6)10-11-15(8-2,9-3)16-14(17)12(4)5;1-2/h8-13,16-18H,3,7,14-15H2,1-2,4-6H3,(H,34,38);12-13H,7-11H2,1-6H3,(H,16,17);1-2H3. The summed E-state index contributed by atoms with van der Waals surface area (Å²) in [6.45, 7) is 24.9. The van der Waals surface area contributed by atoms with Gasteiger partial charge in [-0.15, -0.1) is 0 Å². The number of carbonyl (C=O) groups excluding carboxylic acids is 3. The van der Waals surface area contributed by atoms with E-state index in [0.29, 0.717) is 34.7 Å². The lowest BCUT2D eigenvalue weighted by Gasteiger charge is -2.34. The van der Waals surface area contributed by atoms with Gasteiger partial charge in [0.05, 0.1) is 17.8 Å². The van der Waals surface area contributed by atoms with Gasteiger partial charge in [-0.1, -0.05) is 124 Å². The van der Waals surface area contributed by atoms with E-state index in [1.54, 1.807) is 26.1 Å². The minimum atomic E-state index is -0.480. The molecule has 0 spiro atoms. The molecule has 5 rings (SSSR count). The van der Waals surface area contributed by atoms with E-state index in [1.165, 1.54) is 35.1 Å². The molecular weight excluding hydrogens is 758 g/mol. The number of likely N-dealkylation sites (N-methyl/N-ethyl adjacent to an activating group) is 1. The SMILES string of the molecule is C=C1N(C)C=C(C(=O)Nc2cccc(-c3cccc(-c4cc5c(c(OC)n4)C(C)CC5)c3Cl)c2CC)C(=O)N1C.CC.CCC(C)CCC(CC)(CC)NC(=O)C(C)C. The number of amides is 3. The van der Waals surface area contributed by atoms with Crippen molar-refractivity contribution in [2.24, 2.45) is 11.8 Å². The summed E-state index contributed by atoms with van der Waals surface area (Å²) in [6.07, 6.45) is 9.79. The Balaban J connectivity index is 0.000000414. The number of hydrogen-bond acceptors (Lipinski definition) is 6. The molecule has 2 aromatic carbocycles. The summed E-state index contributed by atoms with van der Waals surface area (Å²) >= 11 is 7.09. The number of nitrogens with zero attached hydrogens (tertiary/aromatic N) is 3. The smallest absolute Gasteiger partial charge is 0.266 e. The predicted octanol–water partition coefficient (Wildman–Crippen LogP) is 11.6. The van der Waals surface area contributed by atoms with Crippen LogP contribution in [0.15, 0.2) is 66.6 Å². The quantitative estimate of drug-likeness (QED) is 0.157. The highest BCUT2D eigenvalue weighted by Gasteiger charge is 2.31. The van der Waals surface area contributed by atoms with Gasteiger partial charge in [0.15, 0.2) is 0 Å². The fourth-order valence-electron chi connectivity index (χ4n) is 7.58. The van der Waals surface area contributed by atoms with Crippen LogP contribution in [-0.4, -0.2) is 59.2 Å². The molecule has 1 aliphatic carbocycles. The van der Waals surface area contributed by atoms with Crippen LogP contribution in [0.2, 0.25) is 5.02 Å². The van der Waals surface area contributed by atoms with Crippen molar-refractivity contribution in [3.05, 3.63) is 88.4 Å². The van der Waals surface area contributed by atoms with E-state index in [9.17, 15) is 14.4 Å². The molecule has 1 aromatic heterocycles. The van der Waals surface area contributed by atoms with E-state index in [1.807, 2.05) is 71.0 Å². The van der Waals surface area contributed by atoms with Crippen LogP contribution >= 0.6 is 11.6 Å². The van der Waals surface area contributed by atoms with Crippen molar-refractivity contribution in [2.75, 3.05) is 26.5 Å². The first-order valence-corrected chi connectivity index (χ1v) is 22.0. The summed E-state index contributed by atoms with van der Waals surface area (Å²) in [5.41, 5.74) is 7.37. The number of anilines is 1. The van der Waals surface area contributed by atoms with Gasteiger partial charge in [0.2, 0.25) is 11.8 Å². The average Bonchev–Trinajstić information content (AvgIpc) is 3.63. The summed E-state index contributed by atoms with van der Waals surface area (Å²) in [6, 6.07) is 13.7. The number of fused-ring (bicyclic) bond motifs is 1. The molecule has 9 nitrogen and oxygen atoms in total. The van der Waals surface area contributed by atoms with Gasteiger partial charge in [0, 0.05) is 54.1 Å². The van der Waals surface area contributed by atoms with E-state index < -0.39 is 11.8 Å². The number of aromatic nitrogens is 1. The Morgan fingerprint density at radius 2 is 1.64 bits per heavy atom. The maximum atomic E-state index is 13.2. The van der Waals surface area contributed by atoms with E-state index in [4.69, 9.17) is 21.3 Å². The molecule has 1 aliphatic heterocycles. The number of methoxy groups -OCH3 is 1. The molecule has 0 saturated carbocycles. The highest BCUT2D eigenvalue weighted by atomic mass is 35.5. The van der Waals surface area contributed by atoms with Crippen molar-refractivity contribution in [2.45, 2.75) is 132 Å². The molecule has 2 heterocycles. The summed E-state index contributed by atoms with van der Waals surface area (Å²) in [5, 5.41) is 6.80. The van der Waals surface area contributed by atoms with Crippen molar-refractivity contribution >= 4 is 35.0 Å². The molecule has 2 unspecified atom stereocenters. The topological polar surface area (TPSA) is 104 Å². The van der Waals surface area contributed by atoms with Gasteiger partial charge < -0.3 is 20.3 Å². The first-order chi connectivity index (χ1) is 28.1. The molecule has 2 N–H and O–H groups in total. The Morgan fingerprint density at radius 1 is 1.02 bits per heavy atom. The number of ether oxygens (including phenoxy) is 1. The minimum Gasteiger partial charge on any atom is -0.481 e. The van der Waals surface area contributed by atoms with E-state index in [2.05, 4.69) is 57.9 Å². The van der Waals surface area contributed by atoms with Crippen molar-refractivity contribution < 1.29 is 19.1 Å². The maximum absolute atomic E-state index is 13.2. The number of pyridine rings is 1. The fraction of sp³-hybridized carbons (Fsp3) is 0.510. The molecule has 3 aromatic rings. The Kier molecular flexibility index (Phi) is 18.3. The number of nitrogens with one attached hydrogen (secondary N) is 2. The maximum Gasteiger partial charge on any atom is 0.266 e. The van der Waals surface area contributed by atoms with Crippen LogP contribution in [0.25, 0.3) is 22.4 Å². The van der Waals surface area contributed by atoms with Crippen LogP contribution in [0.5, 0.6) is 5.88 Å². The highest BCUT2D eigenvalue weighted by molar-refractivity contribution is 6.36. The van der Waals surface area contributed by atoms with Crippen LogP contribution in [-0.2, 0) is 27.2 Å². The molecule has 3 amide bonds. The minimum absolute atomic E-state index is 0.0186. The lowest BCUT2D eigenvalue weighted by atomic mass is 9.84. The third-order valence-corrected chi connectivity index (χ3v) is 12.4. The Labute approximate surface area is 360 Å². The number of carbonyl (C=O) groups is 3. The van der Waals surface area contributed by atoms with Crippen LogP contribution in [0.3, 0.4) is 0 Å². The number of benzene rings is 2. The molecule has 10 heteroatoms. The second-order valence-corrected chi connectivity index (χ2v) is 16.3. The monoisotopic (exact) mass is 828 g/mol. The number of aryl methyl sites for hydroxylation is 1. The van der Waals surface area contributed by atoms with Crippen molar-refractivity contribution in [3.63, 3.8) is 0 Å². The summed E-state index contributed by atoms with van der Waals surface area (Å²) in [7, 11) is 5.00. The van der Waals surface area contributed by atoms with Crippen LogP contribution in [0.1, 0.15) is 130 Å². The van der Waals surface area contributed by atoms with Gasteiger partial charge in [-0.05, 0) is 85.6 Å². The van der Waals surface area contributed by atoms with Crippen molar-refractivity contribution in [1.29, 1.82) is 0 Å². The molecule has 322 valence electrons. The summed E-state index contributed by atoms with van der Waals surface area (Å²) in [5.74, 6) is 1.71. The van der Waals surface area contributed by atoms with Gasteiger partial charge in [0.1, 0.15) is 11.4 Å². The average molecular weight is 829 g/mol. The Morgan fingerprint density at radius 3 is 2.24 bits per heavy atom. The fourth-order valence-corrected chi connectivity index (χ4v) is 7.90. The van der Waals surface area contributed by atoms with Gasteiger partial charge in [-0.25, -0.2) is 4.98 Å². The second-order valence-electron chi connectivity index (χ2n) is 16.0. The Hall–Kier alpha value is -4.63. The van der Waals surface area contributed by atoms with E-state index in [-0.39, 0.29) is 22.9 Å². The lowest BCUT2D eigenvalue weighted by Crippen LogP contribution is -2.49. The Bertz CT molecular complexity index is 1980. The molecule has 0 radical (unpaired) electrons. The largest absolute Gasteiger partial charge is 0.481 e. The summed E-state index contributed by atoms with van der Waals surface area (Å²) in [4.78, 5) is 45.8. The van der Waals surface area contributed by atoms with E-state index in [0.717, 1.165) is 66.0 Å². The third-order valence-electron chi connectivity index (χ3n) is 12.0. The molecule has 2 atom stereocenters. The van der Waals surface area contributed by atoms with Gasteiger partial charge in [-0.3, -0.25) is 19.3 Å². The second kappa shape index (κ2) is 22.1. The highest BCUT2D eigenvalue weighted by Crippen LogP contribution is 2.43. The zero-order chi connectivity index (χ0) is 44.2. The zero-order valence-corrected chi connectivity index (χ0v) is 38.8. The van der Waals surface area contributed by atoms with Gasteiger partial charge in [0.25, 0.3) is 11.8 Å². The van der Waals surface area contributed by atoms with Gasteiger partial charge >= 0.3 is 0 Å². The molecule has 0 bridgehead atoms. The first-order valence-electron chi connectivity index (χ1n) is 21.6. The normalized spacial score (nSPS) is 15.4. The number of rotatable bonds is 14. The van der Waals surface area contributed by atoms with Crippen molar-refractivity contribution in [3.8, 4) is 28.3 Å². The zero-order valence-electron chi connectivity index (χ0n) is 38.1. The number of hydrogen-bond donors (Lipinski definition) is 2. The lowest BCUT2D eigenvalue weighted by molar-refractivity contribution is -0.128. The molecular formula is C49H70ClN5O4. The first kappa shape index (κ1) is 48.7. The summed E-state index contributed by atoms with van der Waals surface area (Å²) < 4.78 is 5.68. The van der Waals surface area contributed by atoms with Crippen LogP contribution < -0.4 is 15.4 Å². The molecule has 59 heavy (non-hydrogen) atoms. The third kappa shape index (κ3) is 11.4. The van der Waals surface area contributed by atoms with Crippen LogP contribution in [0, 0.1) is 11.8 Å². The van der Waals surface area contributed by atoms with Crippen LogP contribution in [0.4, 0.5) is 5.69 Å².